The van der Waals surface area contributed by atoms with E-state index in [4.69, 9.17) is 0 Å². The van der Waals surface area contributed by atoms with Gasteiger partial charge < -0.3 is 0 Å². The first-order chi connectivity index (χ1) is 4.93. The molecule has 1 rings (SSSR count). The summed E-state index contributed by atoms with van der Waals surface area (Å²) in [6.45, 7) is 9.57. The van der Waals surface area contributed by atoms with Crippen molar-refractivity contribution in [1.29, 1.82) is 0 Å². The largest absolute Gasteiger partial charge is 0.257 e. The molecule has 1 aromatic heterocycles. The summed E-state index contributed by atoms with van der Waals surface area (Å²) in [6, 6.07) is 5.73. The second-order valence-electron chi connectivity index (χ2n) is 1.46. The van der Waals surface area contributed by atoms with Gasteiger partial charge in [-0.25, -0.2) is 0 Å². The highest BCUT2D eigenvalue weighted by molar-refractivity contribution is 5.40. The quantitative estimate of drug-likeness (QED) is 0.536. The fourth-order valence-corrected chi connectivity index (χ4v) is 0.497. The van der Waals surface area contributed by atoms with Crippen LogP contribution in [0.25, 0.3) is 6.08 Å². The third-order valence-electron chi connectivity index (χ3n) is 0.897. The third kappa shape index (κ3) is 2.82. The van der Waals surface area contributed by atoms with Crippen LogP contribution < -0.4 is 0 Å². The van der Waals surface area contributed by atoms with Gasteiger partial charge in [0.05, 0.1) is 5.69 Å². The number of hydrogen-bond donors (Lipinski definition) is 0. The van der Waals surface area contributed by atoms with Gasteiger partial charge in [-0.3, -0.25) is 4.98 Å². The molecule has 0 bridgehead atoms. The third-order valence-corrected chi connectivity index (χ3v) is 0.897. The summed E-state index contributed by atoms with van der Waals surface area (Å²) in [6.07, 6.45) is 3.47. The molecule has 10 heavy (non-hydrogen) atoms. The van der Waals surface area contributed by atoms with Crippen LogP contribution >= 0.6 is 0 Å². The summed E-state index contributed by atoms with van der Waals surface area (Å²) < 4.78 is 0. The molecule has 1 heterocycles. The Bertz CT molecular complexity index is 179. The molecule has 0 aromatic carbocycles. The summed E-state index contributed by atoms with van der Waals surface area (Å²) in [5.74, 6) is 0. The Morgan fingerprint density at radius 2 is 2.00 bits per heavy atom. The molecule has 0 fully saturated rings. The maximum Gasteiger partial charge on any atom is 0.0623 e. The minimum atomic E-state index is 0.924. The first-order valence-corrected chi connectivity index (χ1v) is 2.97. The van der Waals surface area contributed by atoms with Crippen LogP contribution in [0.4, 0.5) is 0 Å². The lowest BCUT2D eigenvalue weighted by Gasteiger charge is -1.84. The zero-order valence-electron chi connectivity index (χ0n) is 5.96. The van der Waals surface area contributed by atoms with Crippen LogP contribution in [0.15, 0.2) is 44.1 Å². The monoisotopic (exact) mass is 133 g/mol. The minimum absolute atomic E-state index is 0.924. The van der Waals surface area contributed by atoms with Crippen molar-refractivity contribution < 1.29 is 0 Å². The van der Waals surface area contributed by atoms with Crippen LogP contribution in [0.5, 0.6) is 0 Å². The van der Waals surface area contributed by atoms with Gasteiger partial charge >= 0.3 is 0 Å². The summed E-state index contributed by atoms with van der Waals surface area (Å²) in [5.41, 5.74) is 0.924. The van der Waals surface area contributed by atoms with E-state index >= 15 is 0 Å². The van der Waals surface area contributed by atoms with Gasteiger partial charge in [0, 0.05) is 6.20 Å². The van der Waals surface area contributed by atoms with Crippen molar-refractivity contribution in [3.05, 3.63) is 49.8 Å². The van der Waals surface area contributed by atoms with Crippen molar-refractivity contribution in [2.75, 3.05) is 0 Å². The fourth-order valence-electron chi connectivity index (χ4n) is 0.497. The lowest BCUT2D eigenvalue weighted by molar-refractivity contribution is 1.30. The molecule has 0 aliphatic rings. The molecule has 0 unspecified atom stereocenters. The van der Waals surface area contributed by atoms with Crippen molar-refractivity contribution in [2.45, 2.75) is 0 Å². The molecule has 0 saturated carbocycles. The molecular weight excluding hydrogens is 122 g/mol. The van der Waals surface area contributed by atoms with E-state index in [1.165, 1.54) is 0 Å². The van der Waals surface area contributed by atoms with E-state index in [0.717, 1.165) is 5.69 Å². The zero-order chi connectivity index (χ0) is 7.82. The van der Waals surface area contributed by atoms with Gasteiger partial charge in [-0.05, 0) is 18.2 Å². The van der Waals surface area contributed by atoms with Gasteiger partial charge in [-0.15, -0.1) is 13.2 Å². The topological polar surface area (TPSA) is 12.9 Å². The van der Waals surface area contributed by atoms with E-state index in [2.05, 4.69) is 24.7 Å². The van der Waals surface area contributed by atoms with Gasteiger partial charge in [0.2, 0.25) is 0 Å². The molecule has 1 heteroatoms. The molecule has 0 aliphatic carbocycles. The fraction of sp³-hybridized carbons (Fsp3) is 0. The van der Waals surface area contributed by atoms with Gasteiger partial charge in [-0.2, -0.15) is 0 Å². The van der Waals surface area contributed by atoms with E-state index < -0.39 is 0 Å². The van der Waals surface area contributed by atoms with Gasteiger partial charge in [-0.1, -0.05) is 12.6 Å². The average Bonchev–Trinajstić information content (AvgIpc) is 2.10. The van der Waals surface area contributed by atoms with Gasteiger partial charge in [0.25, 0.3) is 0 Å². The molecule has 0 atom stereocenters. The lowest BCUT2D eigenvalue weighted by Crippen LogP contribution is -1.73. The molecule has 0 N–H and O–H groups in total. The summed E-state index contributed by atoms with van der Waals surface area (Å²) in [4.78, 5) is 3.98. The Labute approximate surface area is 61.7 Å². The van der Waals surface area contributed by atoms with Crippen molar-refractivity contribution in [3.63, 3.8) is 0 Å². The minimum Gasteiger partial charge on any atom is -0.257 e. The summed E-state index contributed by atoms with van der Waals surface area (Å²) >= 11 is 0. The number of nitrogens with zero attached hydrogens (tertiary/aromatic N) is 1. The van der Waals surface area contributed by atoms with Crippen LogP contribution in [0.3, 0.4) is 0 Å². The number of hydrogen-bond acceptors (Lipinski definition) is 1. The Kier molecular flexibility index (Phi) is 4.97. The lowest BCUT2D eigenvalue weighted by atomic mass is 10.4. The maximum absolute atomic E-state index is 3.98. The van der Waals surface area contributed by atoms with Crippen LogP contribution in [0, 0.1) is 0 Å². The van der Waals surface area contributed by atoms with E-state index in [-0.39, 0.29) is 0 Å². The van der Waals surface area contributed by atoms with Crippen LogP contribution in [-0.2, 0) is 0 Å². The second kappa shape index (κ2) is 5.76. The van der Waals surface area contributed by atoms with Crippen molar-refractivity contribution in [3.8, 4) is 0 Å². The van der Waals surface area contributed by atoms with Crippen LogP contribution in [0.1, 0.15) is 5.69 Å². The van der Waals surface area contributed by atoms with Crippen molar-refractivity contribution in [1.82, 2.24) is 4.98 Å². The molecule has 0 spiro atoms. The maximum atomic E-state index is 3.98. The molecular formula is C9H11N. The standard InChI is InChI=1S/C7H7N.C2H4/c1-2-7-5-3-4-6-8-7;1-2/h2-6H,1H2;1-2H2. The van der Waals surface area contributed by atoms with Gasteiger partial charge in [0.15, 0.2) is 0 Å². The van der Waals surface area contributed by atoms with Crippen molar-refractivity contribution >= 4 is 6.08 Å². The normalized spacial score (nSPS) is 7.20. The Balaban J connectivity index is 0.000000371. The molecule has 0 amide bonds. The number of pyridine rings is 1. The van der Waals surface area contributed by atoms with Crippen LogP contribution in [0.2, 0.25) is 0 Å². The number of rotatable bonds is 1. The molecule has 0 radical (unpaired) electrons. The molecule has 0 saturated heterocycles. The summed E-state index contributed by atoms with van der Waals surface area (Å²) in [7, 11) is 0. The Morgan fingerprint density at radius 1 is 1.30 bits per heavy atom. The first kappa shape index (κ1) is 8.63. The second-order valence-corrected chi connectivity index (χ2v) is 1.46. The van der Waals surface area contributed by atoms with E-state index in [1.54, 1.807) is 12.3 Å². The number of aromatic nitrogens is 1. The predicted octanol–water partition coefficient (Wildman–Crippen LogP) is 2.53. The zero-order valence-corrected chi connectivity index (χ0v) is 5.96. The Morgan fingerprint density at radius 3 is 2.30 bits per heavy atom. The summed E-state index contributed by atoms with van der Waals surface area (Å²) in [5, 5.41) is 0. The van der Waals surface area contributed by atoms with Crippen molar-refractivity contribution in [2.24, 2.45) is 0 Å². The molecule has 52 valence electrons. The van der Waals surface area contributed by atoms with E-state index in [9.17, 15) is 0 Å². The average molecular weight is 133 g/mol. The smallest absolute Gasteiger partial charge is 0.0623 e. The SMILES string of the molecule is C=C.C=Cc1ccccn1. The Hall–Kier alpha value is -1.37. The predicted molar refractivity (Wildman–Crippen MR) is 45.6 cm³/mol. The molecule has 0 aliphatic heterocycles. The first-order valence-electron chi connectivity index (χ1n) is 2.97. The van der Waals surface area contributed by atoms with E-state index in [0.29, 0.717) is 0 Å². The molecule has 1 nitrogen and oxygen atoms in total. The van der Waals surface area contributed by atoms with Crippen LogP contribution in [-0.4, -0.2) is 4.98 Å². The highest BCUT2D eigenvalue weighted by atomic mass is 14.6. The highest BCUT2D eigenvalue weighted by Gasteiger charge is 1.77. The van der Waals surface area contributed by atoms with E-state index in [1.807, 2.05) is 18.2 Å². The van der Waals surface area contributed by atoms with Gasteiger partial charge in [0.1, 0.15) is 0 Å². The molecule has 1 aromatic rings. The highest BCUT2D eigenvalue weighted by Crippen LogP contribution is 1.91.